The van der Waals surface area contributed by atoms with Gasteiger partial charge in [0, 0.05) is 5.33 Å². The van der Waals surface area contributed by atoms with Crippen molar-refractivity contribution in [3.05, 3.63) is 29.8 Å². The monoisotopic (exact) mass is 322 g/mol. The Labute approximate surface area is 98.2 Å². The maximum Gasteiger partial charge on any atom is 0.00314 e. The lowest BCUT2D eigenvalue weighted by atomic mass is 10.1. The highest BCUT2D eigenvalue weighted by Gasteiger charge is 1.93. The first kappa shape index (κ1) is 11.7. The molecule has 1 aromatic carbocycles. The molecule has 0 N–H and O–H groups in total. The summed E-state index contributed by atoms with van der Waals surface area (Å²) in [4.78, 5) is 0. The number of alkyl halides is 1. The second-order valence-electron chi connectivity index (χ2n) is 2.94. The molecule has 0 heterocycles. The summed E-state index contributed by atoms with van der Waals surface area (Å²) in [6.07, 6.45) is 3.75. The lowest BCUT2D eigenvalue weighted by Crippen LogP contribution is -1.92. The fraction of sp³-hybridized carbons (Fsp3) is 0.400. The Morgan fingerprint density at radius 2 is 1.77 bits per heavy atom. The molecule has 1 aromatic rings. The maximum atomic E-state index is 3.47. The second-order valence-corrected chi connectivity index (χ2v) is 5.69. The molecular weight excluding hydrogens is 311 g/mol. The molecule has 3 heteroatoms. The molecule has 0 radical (unpaired) electrons. The van der Waals surface area contributed by atoms with Gasteiger partial charge in [-0.05, 0) is 37.4 Å². The van der Waals surface area contributed by atoms with E-state index in [2.05, 4.69) is 55.7 Å². The third-order valence-electron chi connectivity index (χ3n) is 1.91. The predicted molar refractivity (Wildman–Crippen MR) is 70.1 cm³/mol. The molecule has 1 rings (SSSR count). The largest absolute Gasteiger partial charge is 0.0928 e. The van der Waals surface area contributed by atoms with Gasteiger partial charge in [0.05, 0.1) is 0 Å². The van der Waals surface area contributed by atoms with Gasteiger partial charge in [-0.25, -0.2) is 0 Å². The van der Waals surface area contributed by atoms with Crippen molar-refractivity contribution in [1.29, 1.82) is 0 Å². The van der Waals surface area contributed by atoms with Crippen LogP contribution in [0.15, 0.2) is 24.3 Å². The van der Waals surface area contributed by atoms with Crippen molar-refractivity contribution in [3.8, 4) is 0 Å². The molecule has 0 nitrogen and oxygen atoms in total. The molecule has 0 amide bonds. The van der Waals surface area contributed by atoms with E-state index in [9.17, 15) is 0 Å². The summed E-state index contributed by atoms with van der Waals surface area (Å²) in [7, 11) is 0.734. The number of benzene rings is 1. The third kappa shape index (κ3) is 4.58. The Kier molecular flexibility index (Phi) is 6.27. The lowest BCUT2D eigenvalue weighted by Gasteiger charge is -2.01. The van der Waals surface area contributed by atoms with E-state index in [4.69, 9.17) is 0 Å². The van der Waals surface area contributed by atoms with E-state index < -0.39 is 0 Å². The Hall–Kier alpha value is 0.610. The van der Waals surface area contributed by atoms with Crippen LogP contribution in [0.5, 0.6) is 0 Å². The van der Waals surface area contributed by atoms with Gasteiger partial charge in [-0.2, -0.15) is 0 Å². The van der Waals surface area contributed by atoms with E-state index in [0.29, 0.717) is 0 Å². The van der Waals surface area contributed by atoms with E-state index >= 15 is 0 Å². The molecule has 0 saturated heterocycles. The highest BCUT2D eigenvalue weighted by molar-refractivity contribution is 9.37. The molecule has 72 valence electrons. The standard InChI is InChI=1S/C10H13Br2P/c11-8-2-1-3-9-4-6-10(13-12)7-5-9/h4-7,13H,1-3,8H2. The molecule has 0 spiro atoms. The van der Waals surface area contributed by atoms with Crippen LogP contribution in [-0.4, -0.2) is 5.33 Å². The molecule has 0 aliphatic rings. The third-order valence-corrected chi connectivity index (χ3v) is 4.40. The maximum absolute atomic E-state index is 3.47. The number of aryl methyl sites for hydroxylation is 1. The summed E-state index contributed by atoms with van der Waals surface area (Å²) in [5, 5.41) is 2.50. The van der Waals surface area contributed by atoms with Crippen molar-refractivity contribution < 1.29 is 0 Å². The predicted octanol–water partition coefficient (Wildman–Crippen LogP) is 4.02. The van der Waals surface area contributed by atoms with Crippen LogP contribution in [0.2, 0.25) is 0 Å². The Balaban J connectivity index is 2.40. The van der Waals surface area contributed by atoms with Crippen LogP contribution in [-0.2, 0) is 6.42 Å². The van der Waals surface area contributed by atoms with Crippen molar-refractivity contribution in [1.82, 2.24) is 0 Å². The number of rotatable bonds is 5. The summed E-state index contributed by atoms with van der Waals surface area (Å²) in [5.41, 5.74) is 1.45. The van der Waals surface area contributed by atoms with Crippen LogP contribution in [0, 0.1) is 0 Å². The van der Waals surface area contributed by atoms with Crippen LogP contribution in [0.4, 0.5) is 0 Å². The summed E-state index contributed by atoms with van der Waals surface area (Å²) in [5.74, 6) is 0. The van der Waals surface area contributed by atoms with E-state index in [1.54, 1.807) is 0 Å². The molecule has 1 unspecified atom stereocenters. The zero-order chi connectivity index (χ0) is 9.52. The topological polar surface area (TPSA) is 0 Å². The van der Waals surface area contributed by atoms with E-state index in [1.165, 1.54) is 30.1 Å². The van der Waals surface area contributed by atoms with E-state index in [1.807, 2.05) is 0 Å². The molecule has 0 aliphatic heterocycles. The van der Waals surface area contributed by atoms with Gasteiger partial charge >= 0.3 is 0 Å². The van der Waals surface area contributed by atoms with Crippen molar-refractivity contribution in [2.45, 2.75) is 19.3 Å². The smallest absolute Gasteiger partial charge is 0.00314 e. The zero-order valence-corrected chi connectivity index (χ0v) is 11.6. The Morgan fingerprint density at radius 1 is 1.08 bits per heavy atom. The first-order valence-electron chi connectivity index (χ1n) is 4.38. The van der Waals surface area contributed by atoms with Crippen molar-refractivity contribution in [2.24, 2.45) is 0 Å². The number of hydrogen-bond acceptors (Lipinski definition) is 0. The van der Waals surface area contributed by atoms with Gasteiger partial charge in [0.25, 0.3) is 0 Å². The van der Waals surface area contributed by atoms with Gasteiger partial charge in [0.2, 0.25) is 0 Å². The SMILES string of the molecule is BrCCCCc1ccc(PBr)cc1. The van der Waals surface area contributed by atoms with Gasteiger partial charge in [-0.15, -0.1) is 0 Å². The number of hydrogen-bond donors (Lipinski definition) is 0. The van der Waals surface area contributed by atoms with Crippen LogP contribution in [0.25, 0.3) is 0 Å². The van der Waals surface area contributed by atoms with Gasteiger partial charge in [0.15, 0.2) is 0 Å². The van der Waals surface area contributed by atoms with E-state index in [-0.39, 0.29) is 0 Å². The van der Waals surface area contributed by atoms with Crippen LogP contribution >= 0.6 is 38.7 Å². The number of halogens is 2. The minimum Gasteiger partial charge on any atom is -0.0928 e. The number of unbranched alkanes of at least 4 members (excludes halogenated alkanes) is 1. The molecule has 1 atom stereocenters. The molecular formula is C10H13Br2P. The summed E-state index contributed by atoms with van der Waals surface area (Å²) in [6, 6.07) is 8.88. The molecule has 0 aromatic heterocycles. The quantitative estimate of drug-likeness (QED) is 0.436. The fourth-order valence-electron chi connectivity index (χ4n) is 1.16. The van der Waals surface area contributed by atoms with E-state index in [0.717, 1.165) is 12.6 Å². The highest BCUT2D eigenvalue weighted by Crippen LogP contribution is 2.18. The summed E-state index contributed by atoms with van der Waals surface area (Å²) < 4.78 is 0. The van der Waals surface area contributed by atoms with Gasteiger partial charge in [-0.1, -0.05) is 55.7 Å². The van der Waals surface area contributed by atoms with Crippen LogP contribution in [0.3, 0.4) is 0 Å². The zero-order valence-electron chi connectivity index (χ0n) is 7.39. The first-order valence-corrected chi connectivity index (χ1v) is 8.76. The average molecular weight is 324 g/mol. The fourth-order valence-corrected chi connectivity index (χ4v) is 2.64. The minimum atomic E-state index is 0.734. The molecule has 0 saturated carbocycles. The van der Waals surface area contributed by atoms with Gasteiger partial charge in [0.1, 0.15) is 0 Å². The van der Waals surface area contributed by atoms with Crippen molar-refractivity contribution in [2.75, 3.05) is 5.33 Å². The summed E-state index contributed by atoms with van der Waals surface area (Å²) >= 11 is 6.91. The first-order chi connectivity index (χ1) is 6.36. The van der Waals surface area contributed by atoms with Crippen molar-refractivity contribution >= 4 is 44.0 Å². The van der Waals surface area contributed by atoms with Gasteiger partial charge < -0.3 is 0 Å². The molecule has 13 heavy (non-hydrogen) atoms. The molecule has 0 aliphatic carbocycles. The normalized spacial score (nSPS) is 11.2. The molecule has 0 fully saturated rings. The highest BCUT2D eigenvalue weighted by atomic mass is 79.9. The van der Waals surface area contributed by atoms with Gasteiger partial charge in [-0.3, -0.25) is 0 Å². The Bertz CT molecular complexity index is 233. The average Bonchev–Trinajstić information content (AvgIpc) is 2.19. The lowest BCUT2D eigenvalue weighted by molar-refractivity contribution is 0.806. The molecule has 0 bridgehead atoms. The minimum absolute atomic E-state index is 0.734. The van der Waals surface area contributed by atoms with Crippen molar-refractivity contribution in [3.63, 3.8) is 0 Å². The van der Waals surface area contributed by atoms with Crippen LogP contribution < -0.4 is 5.30 Å². The summed E-state index contributed by atoms with van der Waals surface area (Å²) in [6.45, 7) is 0. The second kappa shape index (κ2) is 6.98. The van der Waals surface area contributed by atoms with Crippen LogP contribution in [0.1, 0.15) is 18.4 Å². The Morgan fingerprint density at radius 3 is 2.31 bits per heavy atom.